The first-order valence-corrected chi connectivity index (χ1v) is 3.76. The Morgan fingerprint density at radius 1 is 1.50 bits per heavy atom. The second kappa shape index (κ2) is 3.64. The number of carboxylic acid groups (broad SMARTS) is 1. The highest BCUT2D eigenvalue weighted by molar-refractivity contribution is 5.99. The molecular weight excluding hydrogens is 162 g/mol. The third-order valence-electron chi connectivity index (χ3n) is 1.66. The van der Waals surface area contributed by atoms with Crippen LogP contribution in [0, 0.1) is 0 Å². The van der Waals surface area contributed by atoms with E-state index in [1.165, 1.54) is 12.0 Å². The molecule has 5 nitrogen and oxygen atoms in total. The maximum absolute atomic E-state index is 10.7. The minimum absolute atomic E-state index is 0.477. The lowest BCUT2D eigenvalue weighted by molar-refractivity contribution is -0.230. The van der Waals surface area contributed by atoms with Crippen molar-refractivity contribution in [2.24, 2.45) is 0 Å². The van der Waals surface area contributed by atoms with Crippen LogP contribution in [0.3, 0.4) is 0 Å². The van der Waals surface area contributed by atoms with E-state index in [9.17, 15) is 9.59 Å². The summed E-state index contributed by atoms with van der Waals surface area (Å²) in [5.41, 5.74) is 0. The highest BCUT2D eigenvalue weighted by atomic mass is 16.7. The quantitative estimate of drug-likeness (QED) is 0.589. The SMILES string of the molecule is CC(=O)C(ON1CCC1)C(=O)O. The molecule has 1 aliphatic heterocycles. The Morgan fingerprint density at radius 2 is 2.08 bits per heavy atom. The Bertz CT molecular complexity index is 186. The topological polar surface area (TPSA) is 66.8 Å². The summed E-state index contributed by atoms with van der Waals surface area (Å²) in [5, 5.41) is 10.0. The van der Waals surface area contributed by atoms with Gasteiger partial charge in [0.15, 0.2) is 5.78 Å². The molecule has 0 aromatic carbocycles. The molecule has 1 atom stereocenters. The number of Topliss-reactive ketones (excluding diaryl/α,β-unsaturated/α-hetero) is 1. The predicted molar refractivity (Wildman–Crippen MR) is 39.4 cm³/mol. The Morgan fingerprint density at radius 3 is 2.33 bits per heavy atom. The molecule has 1 unspecified atom stereocenters. The Hall–Kier alpha value is -0.940. The molecule has 1 N–H and O–H groups in total. The minimum atomic E-state index is -1.33. The van der Waals surface area contributed by atoms with E-state index in [1.54, 1.807) is 0 Å². The van der Waals surface area contributed by atoms with Gasteiger partial charge in [0.2, 0.25) is 6.10 Å². The van der Waals surface area contributed by atoms with Gasteiger partial charge in [-0.25, -0.2) is 4.79 Å². The van der Waals surface area contributed by atoms with Gasteiger partial charge in [0.1, 0.15) is 0 Å². The van der Waals surface area contributed by atoms with E-state index in [4.69, 9.17) is 9.94 Å². The summed E-state index contributed by atoms with van der Waals surface area (Å²) in [6, 6.07) is 0. The fourth-order valence-electron chi connectivity index (χ4n) is 0.835. The number of nitrogens with zero attached hydrogens (tertiary/aromatic N) is 1. The van der Waals surface area contributed by atoms with Gasteiger partial charge in [0.25, 0.3) is 0 Å². The van der Waals surface area contributed by atoms with Crippen molar-refractivity contribution in [1.82, 2.24) is 5.06 Å². The predicted octanol–water partition coefficient (Wildman–Crippen LogP) is -0.334. The molecule has 0 aromatic heterocycles. The van der Waals surface area contributed by atoms with Crippen LogP contribution < -0.4 is 0 Å². The maximum Gasteiger partial charge on any atom is 0.342 e. The van der Waals surface area contributed by atoms with E-state index in [-0.39, 0.29) is 0 Å². The molecule has 1 fully saturated rings. The van der Waals surface area contributed by atoms with E-state index in [2.05, 4.69) is 0 Å². The molecule has 0 saturated carbocycles. The van der Waals surface area contributed by atoms with Crippen LogP contribution in [0.4, 0.5) is 0 Å². The molecule has 0 aromatic rings. The summed E-state index contributed by atoms with van der Waals surface area (Å²) in [4.78, 5) is 26.1. The molecule has 12 heavy (non-hydrogen) atoms. The second-order valence-corrected chi connectivity index (χ2v) is 2.72. The number of ketones is 1. The number of hydrogen-bond donors (Lipinski definition) is 1. The number of hydroxylamine groups is 2. The average molecular weight is 173 g/mol. The Kier molecular flexibility index (Phi) is 2.78. The van der Waals surface area contributed by atoms with Gasteiger partial charge < -0.3 is 5.11 Å². The van der Waals surface area contributed by atoms with Crippen LogP contribution in [0.15, 0.2) is 0 Å². The highest BCUT2D eigenvalue weighted by Crippen LogP contribution is 2.09. The van der Waals surface area contributed by atoms with Crippen LogP contribution in [0.2, 0.25) is 0 Å². The molecule has 1 saturated heterocycles. The zero-order valence-corrected chi connectivity index (χ0v) is 6.82. The normalized spacial score (nSPS) is 19.8. The molecule has 0 aliphatic carbocycles. The van der Waals surface area contributed by atoms with Gasteiger partial charge in [0, 0.05) is 13.1 Å². The molecule has 1 heterocycles. The van der Waals surface area contributed by atoms with Gasteiger partial charge in [0.05, 0.1) is 0 Å². The molecule has 0 bridgehead atoms. The molecule has 1 rings (SSSR count). The van der Waals surface area contributed by atoms with Crippen molar-refractivity contribution in [3.63, 3.8) is 0 Å². The lowest BCUT2D eigenvalue weighted by atomic mass is 10.2. The smallest absolute Gasteiger partial charge is 0.342 e. The molecule has 0 radical (unpaired) electrons. The summed E-state index contributed by atoms with van der Waals surface area (Å²) in [7, 11) is 0. The van der Waals surface area contributed by atoms with Crippen LogP contribution in [0.1, 0.15) is 13.3 Å². The van der Waals surface area contributed by atoms with Gasteiger partial charge in [-0.2, -0.15) is 5.06 Å². The van der Waals surface area contributed by atoms with Crippen LogP contribution in [-0.4, -0.2) is 41.1 Å². The molecule has 0 amide bonds. The van der Waals surface area contributed by atoms with Crippen LogP contribution in [0.5, 0.6) is 0 Å². The van der Waals surface area contributed by atoms with Gasteiger partial charge in [-0.15, -0.1) is 0 Å². The van der Waals surface area contributed by atoms with E-state index in [0.29, 0.717) is 13.1 Å². The largest absolute Gasteiger partial charge is 0.479 e. The number of carboxylic acids is 1. The number of hydrogen-bond acceptors (Lipinski definition) is 4. The number of rotatable bonds is 4. The summed E-state index contributed by atoms with van der Waals surface area (Å²) >= 11 is 0. The monoisotopic (exact) mass is 173 g/mol. The average Bonchev–Trinajstić information content (AvgIpc) is 1.82. The van der Waals surface area contributed by atoms with Crippen molar-refractivity contribution in [3.05, 3.63) is 0 Å². The molecular formula is C7H11NO4. The lowest BCUT2D eigenvalue weighted by Crippen LogP contribution is -2.45. The highest BCUT2D eigenvalue weighted by Gasteiger charge is 2.28. The van der Waals surface area contributed by atoms with Crippen molar-refractivity contribution in [2.45, 2.75) is 19.4 Å². The van der Waals surface area contributed by atoms with Crippen molar-refractivity contribution >= 4 is 11.8 Å². The zero-order valence-electron chi connectivity index (χ0n) is 6.82. The fourth-order valence-corrected chi connectivity index (χ4v) is 0.835. The maximum atomic E-state index is 10.7. The van der Waals surface area contributed by atoms with Crippen LogP contribution >= 0.6 is 0 Å². The minimum Gasteiger partial charge on any atom is -0.479 e. The summed E-state index contributed by atoms with van der Waals surface area (Å²) < 4.78 is 0. The van der Waals surface area contributed by atoms with Gasteiger partial charge in [-0.3, -0.25) is 9.63 Å². The molecule has 68 valence electrons. The first-order valence-electron chi connectivity index (χ1n) is 3.76. The van der Waals surface area contributed by atoms with Crippen molar-refractivity contribution in [2.75, 3.05) is 13.1 Å². The van der Waals surface area contributed by atoms with Gasteiger partial charge in [-0.1, -0.05) is 0 Å². The van der Waals surface area contributed by atoms with Crippen LogP contribution in [0.25, 0.3) is 0 Å². The van der Waals surface area contributed by atoms with Gasteiger partial charge in [-0.05, 0) is 13.3 Å². The van der Waals surface area contributed by atoms with E-state index in [1.807, 2.05) is 0 Å². The molecule has 5 heteroatoms. The molecule has 1 aliphatic rings. The summed E-state index contributed by atoms with van der Waals surface area (Å²) in [5.74, 6) is -1.70. The van der Waals surface area contributed by atoms with Gasteiger partial charge >= 0.3 is 5.97 Å². The summed E-state index contributed by atoms with van der Waals surface area (Å²) in [6.07, 6.45) is -0.338. The van der Waals surface area contributed by atoms with E-state index >= 15 is 0 Å². The Balaban J connectivity index is 2.42. The molecule has 0 spiro atoms. The lowest BCUT2D eigenvalue weighted by Gasteiger charge is -2.31. The van der Waals surface area contributed by atoms with E-state index in [0.717, 1.165) is 6.42 Å². The first-order chi connectivity index (χ1) is 5.61. The van der Waals surface area contributed by atoms with E-state index < -0.39 is 17.9 Å². The second-order valence-electron chi connectivity index (χ2n) is 2.72. The van der Waals surface area contributed by atoms with Crippen molar-refractivity contribution in [3.8, 4) is 0 Å². The summed E-state index contributed by atoms with van der Waals surface area (Å²) in [6.45, 7) is 2.62. The number of carbonyl (C=O) groups excluding carboxylic acids is 1. The first kappa shape index (κ1) is 9.15. The fraction of sp³-hybridized carbons (Fsp3) is 0.714. The number of aliphatic carboxylic acids is 1. The zero-order chi connectivity index (χ0) is 9.14. The van der Waals surface area contributed by atoms with Crippen molar-refractivity contribution in [1.29, 1.82) is 0 Å². The third-order valence-corrected chi connectivity index (χ3v) is 1.66. The standard InChI is InChI=1S/C7H11NO4/c1-5(9)6(7(10)11)12-8-3-2-4-8/h6H,2-4H2,1H3,(H,10,11). The Labute approximate surface area is 69.9 Å². The van der Waals surface area contributed by atoms with Crippen LogP contribution in [-0.2, 0) is 14.4 Å². The van der Waals surface area contributed by atoms with Crippen molar-refractivity contribution < 1.29 is 19.5 Å². The third kappa shape index (κ3) is 2.02. The number of carbonyl (C=O) groups is 2.